The maximum atomic E-state index is 14.8. The molecule has 0 aliphatic heterocycles. The molecule has 0 saturated heterocycles. The molecular weight excluding hydrogens is 189 g/mol. The summed E-state index contributed by atoms with van der Waals surface area (Å²) in [6.45, 7) is 6.30. The fourth-order valence-electron chi connectivity index (χ4n) is 3.14. The van der Waals surface area contributed by atoms with Crippen molar-refractivity contribution < 1.29 is 4.39 Å². The Morgan fingerprint density at radius 1 is 1.33 bits per heavy atom. The second kappa shape index (κ2) is 5.29. The van der Waals surface area contributed by atoms with E-state index in [9.17, 15) is 4.39 Å². The van der Waals surface area contributed by atoms with Gasteiger partial charge in [-0.1, -0.05) is 46.5 Å². The van der Waals surface area contributed by atoms with Crippen LogP contribution < -0.4 is 5.73 Å². The number of rotatable bonds is 4. The van der Waals surface area contributed by atoms with Crippen LogP contribution in [0.15, 0.2) is 0 Å². The summed E-state index contributed by atoms with van der Waals surface area (Å²) in [6, 6.07) is 0. The van der Waals surface area contributed by atoms with Crippen LogP contribution in [0.4, 0.5) is 4.39 Å². The third-order valence-electron chi connectivity index (χ3n) is 4.32. The van der Waals surface area contributed by atoms with E-state index in [2.05, 4.69) is 6.92 Å². The largest absolute Gasteiger partial charge is 0.328 e. The molecule has 3 atom stereocenters. The van der Waals surface area contributed by atoms with Gasteiger partial charge < -0.3 is 5.73 Å². The van der Waals surface area contributed by atoms with Crippen molar-refractivity contribution in [3.05, 3.63) is 0 Å². The normalized spacial score (nSPS) is 31.6. The molecule has 1 saturated carbocycles. The summed E-state index contributed by atoms with van der Waals surface area (Å²) < 4.78 is 14.8. The van der Waals surface area contributed by atoms with Gasteiger partial charge >= 0.3 is 0 Å². The Balaban J connectivity index is 2.80. The first kappa shape index (κ1) is 13.0. The van der Waals surface area contributed by atoms with E-state index in [-0.39, 0.29) is 18.4 Å². The molecule has 3 unspecified atom stereocenters. The molecule has 0 bridgehead atoms. The van der Waals surface area contributed by atoms with Crippen molar-refractivity contribution in [3.63, 3.8) is 0 Å². The Morgan fingerprint density at radius 2 is 1.93 bits per heavy atom. The van der Waals surface area contributed by atoms with E-state index in [1.807, 2.05) is 13.8 Å². The van der Waals surface area contributed by atoms with E-state index < -0.39 is 5.67 Å². The fourth-order valence-corrected chi connectivity index (χ4v) is 3.14. The van der Waals surface area contributed by atoms with E-state index in [4.69, 9.17) is 5.73 Å². The van der Waals surface area contributed by atoms with Crippen molar-refractivity contribution in [1.29, 1.82) is 0 Å². The van der Waals surface area contributed by atoms with Gasteiger partial charge in [-0.25, -0.2) is 4.39 Å². The van der Waals surface area contributed by atoms with Gasteiger partial charge in [-0.05, 0) is 24.2 Å². The Kier molecular flexibility index (Phi) is 4.57. The molecule has 0 heterocycles. The van der Waals surface area contributed by atoms with Gasteiger partial charge in [-0.15, -0.1) is 0 Å². The number of alkyl halides is 1. The van der Waals surface area contributed by atoms with Crippen LogP contribution in [0.1, 0.15) is 52.9 Å². The van der Waals surface area contributed by atoms with Gasteiger partial charge in [0.25, 0.3) is 0 Å². The lowest BCUT2D eigenvalue weighted by Gasteiger charge is -2.43. The van der Waals surface area contributed by atoms with Crippen LogP contribution in [0.25, 0.3) is 0 Å². The Hall–Kier alpha value is -0.110. The highest BCUT2D eigenvalue weighted by Gasteiger charge is 2.44. The van der Waals surface area contributed by atoms with Crippen molar-refractivity contribution in [1.82, 2.24) is 0 Å². The quantitative estimate of drug-likeness (QED) is 0.763. The average Bonchev–Trinajstić information content (AvgIpc) is 2.27. The number of nitrogens with two attached hydrogens (primary N) is 1. The molecule has 0 aromatic heterocycles. The van der Waals surface area contributed by atoms with Gasteiger partial charge in [0.2, 0.25) is 0 Å². The molecule has 1 rings (SSSR count). The van der Waals surface area contributed by atoms with Crippen LogP contribution >= 0.6 is 0 Å². The van der Waals surface area contributed by atoms with Crippen LogP contribution in [0.3, 0.4) is 0 Å². The molecule has 1 fully saturated rings. The smallest absolute Gasteiger partial charge is 0.128 e. The number of halogens is 1. The molecule has 0 aromatic carbocycles. The SMILES string of the molecule is CCC1CCCCC1C(F)(CN)C(C)C. The van der Waals surface area contributed by atoms with Crippen LogP contribution in [0.5, 0.6) is 0 Å². The maximum absolute atomic E-state index is 14.8. The molecule has 0 aromatic rings. The predicted octanol–water partition coefficient (Wildman–Crippen LogP) is 3.53. The van der Waals surface area contributed by atoms with Gasteiger partial charge in [0.1, 0.15) is 5.67 Å². The van der Waals surface area contributed by atoms with E-state index >= 15 is 0 Å². The first-order chi connectivity index (χ1) is 7.06. The summed E-state index contributed by atoms with van der Waals surface area (Å²) in [5.41, 5.74) is 4.54. The zero-order valence-corrected chi connectivity index (χ0v) is 10.4. The minimum atomic E-state index is -1.14. The van der Waals surface area contributed by atoms with E-state index in [1.54, 1.807) is 0 Å². The van der Waals surface area contributed by atoms with E-state index in [0.29, 0.717) is 5.92 Å². The predicted molar refractivity (Wildman–Crippen MR) is 63.5 cm³/mol. The van der Waals surface area contributed by atoms with Gasteiger partial charge in [-0.2, -0.15) is 0 Å². The summed E-state index contributed by atoms with van der Waals surface area (Å²) in [6.07, 6.45) is 5.78. The van der Waals surface area contributed by atoms with Gasteiger partial charge in [-0.3, -0.25) is 0 Å². The van der Waals surface area contributed by atoms with Crippen molar-refractivity contribution in [2.45, 2.75) is 58.5 Å². The minimum absolute atomic E-state index is 0.0413. The number of hydrogen-bond acceptors (Lipinski definition) is 1. The third kappa shape index (κ3) is 2.52. The maximum Gasteiger partial charge on any atom is 0.128 e. The Bertz CT molecular complexity index is 193. The monoisotopic (exact) mass is 215 g/mol. The van der Waals surface area contributed by atoms with Gasteiger partial charge in [0.05, 0.1) is 0 Å². The summed E-state index contributed by atoms with van der Waals surface area (Å²) in [5, 5.41) is 0. The summed E-state index contributed by atoms with van der Waals surface area (Å²) in [5.74, 6) is 0.788. The van der Waals surface area contributed by atoms with Crippen LogP contribution in [-0.4, -0.2) is 12.2 Å². The highest BCUT2D eigenvalue weighted by atomic mass is 19.1. The van der Waals surface area contributed by atoms with Crippen LogP contribution in [0, 0.1) is 17.8 Å². The molecular formula is C13H26FN. The van der Waals surface area contributed by atoms with Crippen molar-refractivity contribution in [3.8, 4) is 0 Å². The number of hydrogen-bond donors (Lipinski definition) is 1. The highest BCUT2D eigenvalue weighted by molar-refractivity contribution is 4.95. The van der Waals surface area contributed by atoms with E-state index in [1.165, 1.54) is 19.3 Å². The molecule has 1 nitrogen and oxygen atoms in total. The molecule has 2 heteroatoms. The molecule has 0 amide bonds. The zero-order chi connectivity index (χ0) is 11.5. The summed E-state index contributed by atoms with van der Waals surface area (Å²) >= 11 is 0. The topological polar surface area (TPSA) is 26.0 Å². The molecule has 1 aliphatic rings. The molecule has 2 N–H and O–H groups in total. The first-order valence-electron chi connectivity index (χ1n) is 6.45. The standard InChI is InChI=1S/C13H26FN/c1-4-11-7-5-6-8-12(11)13(14,9-15)10(2)3/h10-12H,4-9,15H2,1-3H3. The highest BCUT2D eigenvalue weighted by Crippen LogP contribution is 2.44. The lowest BCUT2D eigenvalue weighted by molar-refractivity contribution is -0.0133. The fraction of sp³-hybridized carbons (Fsp3) is 1.00. The molecule has 1 aliphatic carbocycles. The van der Waals surface area contributed by atoms with Crippen LogP contribution in [-0.2, 0) is 0 Å². The second-order valence-electron chi connectivity index (χ2n) is 5.34. The zero-order valence-electron chi connectivity index (χ0n) is 10.4. The third-order valence-corrected chi connectivity index (χ3v) is 4.32. The molecule has 15 heavy (non-hydrogen) atoms. The minimum Gasteiger partial charge on any atom is -0.328 e. The Labute approximate surface area is 93.6 Å². The van der Waals surface area contributed by atoms with Crippen LogP contribution in [0.2, 0.25) is 0 Å². The summed E-state index contributed by atoms with van der Waals surface area (Å²) in [4.78, 5) is 0. The van der Waals surface area contributed by atoms with Crippen molar-refractivity contribution >= 4 is 0 Å². The average molecular weight is 215 g/mol. The molecule has 0 radical (unpaired) electrons. The van der Waals surface area contributed by atoms with Gasteiger partial charge in [0, 0.05) is 6.54 Å². The van der Waals surface area contributed by atoms with Gasteiger partial charge in [0.15, 0.2) is 0 Å². The second-order valence-corrected chi connectivity index (χ2v) is 5.34. The van der Waals surface area contributed by atoms with Crippen molar-refractivity contribution in [2.24, 2.45) is 23.5 Å². The molecule has 90 valence electrons. The molecule has 0 spiro atoms. The first-order valence-corrected chi connectivity index (χ1v) is 6.45. The lowest BCUT2D eigenvalue weighted by Crippen LogP contribution is -2.49. The van der Waals surface area contributed by atoms with E-state index in [0.717, 1.165) is 12.8 Å². The lowest BCUT2D eigenvalue weighted by atomic mass is 9.66. The summed E-state index contributed by atoms with van der Waals surface area (Å²) in [7, 11) is 0. The Morgan fingerprint density at radius 3 is 2.40 bits per heavy atom. The van der Waals surface area contributed by atoms with Crippen molar-refractivity contribution in [2.75, 3.05) is 6.54 Å².